The van der Waals surface area contributed by atoms with Crippen LogP contribution in [0.5, 0.6) is 0 Å². The molecular weight excluding hydrogens is 255 g/mol. The van der Waals surface area contributed by atoms with Crippen molar-refractivity contribution in [1.82, 2.24) is 9.80 Å². The minimum absolute atomic E-state index is 0.283. The van der Waals surface area contributed by atoms with Crippen molar-refractivity contribution in [1.29, 1.82) is 0 Å². The molecule has 1 aromatic rings. The normalized spacial score (nSPS) is 19.1. The van der Waals surface area contributed by atoms with Crippen LogP contribution in [0.15, 0.2) is 24.3 Å². The predicted molar refractivity (Wildman–Crippen MR) is 79.1 cm³/mol. The van der Waals surface area contributed by atoms with Gasteiger partial charge in [-0.15, -0.1) is 0 Å². The van der Waals surface area contributed by atoms with Crippen molar-refractivity contribution in [2.24, 2.45) is 0 Å². The largest absolute Gasteiger partial charge is 0.388 e. The minimum atomic E-state index is -0.570. The summed E-state index contributed by atoms with van der Waals surface area (Å²) >= 11 is 0. The Morgan fingerprint density at radius 3 is 2.40 bits per heavy atom. The van der Waals surface area contributed by atoms with Gasteiger partial charge in [-0.1, -0.05) is 19.1 Å². The number of aliphatic hydroxyl groups is 1. The molecule has 1 fully saturated rings. The second-order valence-electron chi connectivity index (χ2n) is 5.54. The van der Waals surface area contributed by atoms with Gasteiger partial charge in [0.05, 0.1) is 6.10 Å². The summed E-state index contributed by atoms with van der Waals surface area (Å²) in [5, 5.41) is 10.1. The van der Waals surface area contributed by atoms with Gasteiger partial charge in [0.15, 0.2) is 0 Å². The van der Waals surface area contributed by atoms with E-state index in [2.05, 4.69) is 16.7 Å². The molecule has 3 nitrogen and oxygen atoms in total. The predicted octanol–water partition coefficient (Wildman–Crippen LogP) is 2.28. The maximum absolute atomic E-state index is 13.1. The van der Waals surface area contributed by atoms with Crippen LogP contribution in [0.4, 0.5) is 4.39 Å². The first-order valence-corrected chi connectivity index (χ1v) is 7.57. The quantitative estimate of drug-likeness (QED) is 0.866. The molecule has 1 aliphatic rings. The van der Waals surface area contributed by atoms with E-state index in [1.165, 1.54) is 25.1 Å². The van der Waals surface area contributed by atoms with Gasteiger partial charge in [0.1, 0.15) is 5.82 Å². The molecule has 4 heteroatoms. The molecule has 0 radical (unpaired) electrons. The number of halogens is 1. The van der Waals surface area contributed by atoms with Crippen molar-refractivity contribution >= 4 is 0 Å². The second kappa shape index (κ2) is 7.72. The van der Waals surface area contributed by atoms with E-state index in [1.54, 1.807) is 12.1 Å². The number of rotatable bonds is 6. The summed E-state index contributed by atoms with van der Waals surface area (Å²) in [6, 6.07) is 6.26. The summed E-state index contributed by atoms with van der Waals surface area (Å²) in [6.45, 7) is 8.62. The summed E-state index contributed by atoms with van der Waals surface area (Å²) in [5.41, 5.74) is 0.676. The van der Waals surface area contributed by atoms with Gasteiger partial charge < -0.3 is 14.9 Å². The SMILES string of the molecule is CCCN1CCN(CCC(O)c2cccc(F)c2)CC1. The van der Waals surface area contributed by atoms with Crippen LogP contribution in [-0.4, -0.2) is 54.2 Å². The van der Waals surface area contributed by atoms with E-state index in [-0.39, 0.29) is 5.82 Å². The van der Waals surface area contributed by atoms with Crippen molar-refractivity contribution in [3.8, 4) is 0 Å². The molecule has 112 valence electrons. The van der Waals surface area contributed by atoms with Crippen LogP contribution >= 0.6 is 0 Å². The number of hydrogen-bond acceptors (Lipinski definition) is 3. The van der Waals surface area contributed by atoms with Crippen molar-refractivity contribution in [3.05, 3.63) is 35.6 Å². The van der Waals surface area contributed by atoms with Gasteiger partial charge in [0.25, 0.3) is 0 Å². The lowest BCUT2D eigenvalue weighted by molar-refractivity contribution is 0.102. The lowest BCUT2D eigenvalue weighted by Gasteiger charge is -2.34. The van der Waals surface area contributed by atoms with Crippen molar-refractivity contribution in [2.75, 3.05) is 39.3 Å². The number of aliphatic hydroxyl groups excluding tert-OH is 1. The number of nitrogens with zero attached hydrogens (tertiary/aromatic N) is 2. The van der Waals surface area contributed by atoms with Gasteiger partial charge in [-0.05, 0) is 37.1 Å². The van der Waals surface area contributed by atoms with Crippen molar-refractivity contribution in [3.63, 3.8) is 0 Å². The molecule has 1 saturated heterocycles. The summed E-state index contributed by atoms with van der Waals surface area (Å²) < 4.78 is 13.1. The Bertz CT molecular complexity index is 405. The van der Waals surface area contributed by atoms with Gasteiger partial charge in [-0.3, -0.25) is 0 Å². The lowest BCUT2D eigenvalue weighted by Crippen LogP contribution is -2.46. The topological polar surface area (TPSA) is 26.7 Å². The van der Waals surface area contributed by atoms with Crippen LogP contribution in [0.25, 0.3) is 0 Å². The first kappa shape index (κ1) is 15.4. The van der Waals surface area contributed by atoms with E-state index in [1.807, 2.05) is 0 Å². The molecule has 1 aliphatic heterocycles. The first-order valence-electron chi connectivity index (χ1n) is 7.57. The Hall–Kier alpha value is -0.970. The van der Waals surface area contributed by atoms with E-state index in [0.29, 0.717) is 12.0 Å². The third-order valence-electron chi connectivity index (χ3n) is 3.96. The van der Waals surface area contributed by atoms with Crippen LogP contribution in [-0.2, 0) is 0 Å². The summed E-state index contributed by atoms with van der Waals surface area (Å²) in [7, 11) is 0. The Morgan fingerprint density at radius 1 is 1.15 bits per heavy atom. The average molecular weight is 280 g/mol. The molecule has 0 spiro atoms. The molecule has 1 atom stereocenters. The zero-order valence-corrected chi connectivity index (χ0v) is 12.3. The lowest BCUT2D eigenvalue weighted by atomic mass is 10.1. The molecule has 0 amide bonds. The Balaban J connectivity index is 1.73. The molecule has 0 aromatic heterocycles. The monoisotopic (exact) mass is 280 g/mol. The summed E-state index contributed by atoms with van der Waals surface area (Å²) in [5.74, 6) is -0.283. The van der Waals surface area contributed by atoms with Crippen LogP contribution in [0.2, 0.25) is 0 Å². The van der Waals surface area contributed by atoms with E-state index in [9.17, 15) is 9.50 Å². The van der Waals surface area contributed by atoms with E-state index >= 15 is 0 Å². The van der Waals surface area contributed by atoms with Gasteiger partial charge in [-0.25, -0.2) is 4.39 Å². The van der Waals surface area contributed by atoms with Crippen LogP contribution < -0.4 is 0 Å². The highest BCUT2D eigenvalue weighted by atomic mass is 19.1. The third-order valence-corrected chi connectivity index (χ3v) is 3.96. The maximum Gasteiger partial charge on any atom is 0.123 e. The minimum Gasteiger partial charge on any atom is -0.388 e. The van der Waals surface area contributed by atoms with E-state index < -0.39 is 6.10 Å². The fourth-order valence-electron chi connectivity index (χ4n) is 2.74. The fraction of sp³-hybridized carbons (Fsp3) is 0.625. The van der Waals surface area contributed by atoms with E-state index in [4.69, 9.17) is 0 Å². The Labute approximate surface area is 121 Å². The molecule has 0 saturated carbocycles. The average Bonchev–Trinajstić information content (AvgIpc) is 2.46. The van der Waals surface area contributed by atoms with Gasteiger partial charge >= 0.3 is 0 Å². The molecule has 0 aliphatic carbocycles. The molecule has 1 N–H and O–H groups in total. The molecule has 20 heavy (non-hydrogen) atoms. The molecule has 2 rings (SSSR count). The number of hydrogen-bond donors (Lipinski definition) is 1. The molecular formula is C16H25FN2O. The Morgan fingerprint density at radius 2 is 1.80 bits per heavy atom. The zero-order valence-electron chi connectivity index (χ0n) is 12.3. The van der Waals surface area contributed by atoms with E-state index in [0.717, 1.165) is 32.7 Å². The summed E-state index contributed by atoms with van der Waals surface area (Å²) in [6.07, 6.45) is 1.30. The molecule has 1 heterocycles. The standard InChI is InChI=1S/C16H25FN2O/c1-2-7-18-9-11-19(12-10-18)8-6-16(20)14-4-3-5-15(17)13-14/h3-5,13,16,20H,2,6-12H2,1H3. The van der Waals surface area contributed by atoms with Gasteiger partial charge in [0, 0.05) is 32.7 Å². The molecule has 1 unspecified atom stereocenters. The smallest absolute Gasteiger partial charge is 0.123 e. The highest BCUT2D eigenvalue weighted by molar-refractivity contribution is 5.18. The maximum atomic E-state index is 13.1. The zero-order chi connectivity index (χ0) is 14.4. The van der Waals surface area contributed by atoms with Crippen molar-refractivity contribution < 1.29 is 9.50 Å². The molecule has 0 bridgehead atoms. The van der Waals surface area contributed by atoms with Crippen LogP contribution in [0.1, 0.15) is 31.4 Å². The highest BCUT2D eigenvalue weighted by Crippen LogP contribution is 2.18. The number of benzene rings is 1. The first-order chi connectivity index (χ1) is 9.69. The fourth-order valence-corrected chi connectivity index (χ4v) is 2.74. The van der Waals surface area contributed by atoms with Crippen LogP contribution in [0, 0.1) is 5.82 Å². The Kier molecular flexibility index (Phi) is 5.95. The number of piperazine rings is 1. The molecule has 1 aromatic carbocycles. The van der Waals surface area contributed by atoms with Crippen molar-refractivity contribution in [2.45, 2.75) is 25.9 Å². The second-order valence-corrected chi connectivity index (χ2v) is 5.54. The van der Waals surface area contributed by atoms with Gasteiger partial charge in [0.2, 0.25) is 0 Å². The van der Waals surface area contributed by atoms with Gasteiger partial charge in [-0.2, -0.15) is 0 Å². The highest BCUT2D eigenvalue weighted by Gasteiger charge is 2.17. The third kappa shape index (κ3) is 4.54. The summed E-state index contributed by atoms with van der Waals surface area (Å²) in [4.78, 5) is 4.87. The van der Waals surface area contributed by atoms with Crippen LogP contribution in [0.3, 0.4) is 0 Å².